The molecule has 1 saturated heterocycles. The van der Waals surface area contributed by atoms with E-state index in [1.807, 2.05) is 29.3 Å². The first-order valence-corrected chi connectivity index (χ1v) is 14.6. The fourth-order valence-corrected chi connectivity index (χ4v) is 6.61. The lowest BCUT2D eigenvalue weighted by Gasteiger charge is -2.38. The smallest absolute Gasteiger partial charge is 0.282 e. The second-order valence-electron chi connectivity index (χ2n) is 10.9. The lowest BCUT2D eigenvalue weighted by atomic mass is 9.80. The van der Waals surface area contributed by atoms with Gasteiger partial charge < -0.3 is 16.0 Å². The van der Waals surface area contributed by atoms with Gasteiger partial charge in [-0.05, 0) is 42.2 Å². The Morgan fingerprint density at radius 2 is 1.88 bits per heavy atom. The van der Waals surface area contributed by atoms with Crippen LogP contribution < -0.4 is 11.1 Å². The van der Waals surface area contributed by atoms with Gasteiger partial charge in [-0.25, -0.2) is 14.4 Å². The van der Waals surface area contributed by atoms with E-state index in [1.54, 1.807) is 38.0 Å². The van der Waals surface area contributed by atoms with Crippen molar-refractivity contribution in [2.75, 3.05) is 26.7 Å². The van der Waals surface area contributed by atoms with Crippen LogP contribution >= 0.6 is 11.3 Å². The van der Waals surface area contributed by atoms with Crippen LogP contribution in [0.1, 0.15) is 55.2 Å². The number of aryl methyl sites for hydroxylation is 1. The number of amides is 4. The summed E-state index contributed by atoms with van der Waals surface area (Å²) in [5.41, 5.74) is 6.60. The highest BCUT2D eigenvalue weighted by Crippen LogP contribution is 2.37. The third-order valence-corrected chi connectivity index (χ3v) is 8.98. The molecule has 42 heavy (non-hydrogen) atoms. The Labute approximate surface area is 247 Å². The van der Waals surface area contributed by atoms with Crippen molar-refractivity contribution >= 4 is 35.0 Å². The number of carbonyl (C=O) groups is 4. The summed E-state index contributed by atoms with van der Waals surface area (Å²) in [7, 11) is 1.55. The minimum atomic E-state index is -1.45. The van der Waals surface area contributed by atoms with Crippen molar-refractivity contribution in [3.63, 3.8) is 0 Å². The second kappa shape index (κ2) is 11.6. The minimum Gasteiger partial charge on any atom is -0.365 e. The maximum atomic E-state index is 14.4. The van der Waals surface area contributed by atoms with Gasteiger partial charge in [0.25, 0.3) is 17.7 Å². The lowest BCUT2D eigenvalue weighted by Crippen LogP contribution is -2.60. The molecule has 3 aromatic rings. The highest BCUT2D eigenvalue weighted by Gasteiger charge is 2.50. The molecule has 2 aliphatic heterocycles. The molecule has 4 amide bonds. The first-order chi connectivity index (χ1) is 20.0. The predicted octanol–water partition coefficient (Wildman–Crippen LogP) is 2.61. The van der Waals surface area contributed by atoms with Crippen LogP contribution in [0.25, 0.3) is 0 Å². The molecule has 2 atom stereocenters. The molecule has 220 valence electrons. The monoisotopic (exact) mass is 592 g/mol. The Bertz CT molecular complexity index is 1540. The molecule has 3 N–H and O–H groups in total. The predicted molar refractivity (Wildman–Crippen MR) is 155 cm³/mol. The summed E-state index contributed by atoms with van der Waals surface area (Å²) in [6.45, 7) is 5.09. The van der Waals surface area contributed by atoms with Crippen LogP contribution in [-0.4, -0.2) is 70.2 Å². The Hall–Kier alpha value is -4.16. The first-order valence-electron chi connectivity index (χ1n) is 13.7. The van der Waals surface area contributed by atoms with Crippen molar-refractivity contribution in [2.45, 2.75) is 38.8 Å². The zero-order valence-corrected chi connectivity index (χ0v) is 24.5. The molecule has 0 radical (unpaired) electrons. The number of hydrazine groups is 1. The Morgan fingerprint density at radius 3 is 2.57 bits per heavy atom. The van der Waals surface area contributed by atoms with E-state index >= 15 is 0 Å². The van der Waals surface area contributed by atoms with E-state index in [9.17, 15) is 23.6 Å². The molecule has 1 aromatic heterocycles. The third kappa shape index (κ3) is 5.51. The fourth-order valence-electron chi connectivity index (χ4n) is 5.70. The zero-order valence-electron chi connectivity index (χ0n) is 23.7. The Kier molecular flexibility index (Phi) is 8.11. The quantitative estimate of drug-likeness (QED) is 0.414. The van der Waals surface area contributed by atoms with Crippen molar-refractivity contribution in [3.8, 4) is 0 Å². The number of primary amides is 1. The van der Waals surface area contributed by atoms with E-state index < -0.39 is 35.0 Å². The SMILES string of the molecule is Cc1nc(C(=O)N(C)C[C@@H](C)C(=O)N[C@@]2(Cc3ccc(F)cc3)C(=O)N3CCCN3Cc3ccccc32)sc1C(N)=O. The van der Waals surface area contributed by atoms with Crippen molar-refractivity contribution in [3.05, 3.63) is 86.6 Å². The standard InChI is InChI=1S/C30H33FN6O4S/c1-18(16-35(3)28(40)27-33-19(2)24(42-27)25(32)38)26(39)34-30(15-20-9-11-22(31)12-10-20)23-8-5-4-7-21(23)17-36-13-6-14-37(36)29(30)41/h4-5,7-12,18H,6,13-17H2,1-3H3,(H2,32,38)(H,34,39)/t18-,30-/m1/s1. The van der Waals surface area contributed by atoms with Crippen molar-refractivity contribution in [1.29, 1.82) is 0 Å². The normalized spacial score (nSPS) is 19.0. The molecule has 0 spiro atoms. The number of nitrogens with one attached hydrogen (secondary N) is 1. The minimum absolute atomic E-state index is 0.0352. The van der Waals surface area contributed by atoms with E-state index in [1.165, 1.54) is 17.0 Å². The molecule has 0 unspecified atom stereocenters. The summed E-state index contributed by atoms with van der Waals surface area (Å²) in [6.07, 6.45) is 0.931. The summed E-state index contributed by atoms with van der Waals surface area (Å²) in [5.74, 6) is -2.87. The van der Waals surface area contributed by atoms with E-state index in [0.29, 0.717) is 29.9 Å². The summed E-state index contributed by atoms with van der Waals surface area (Å²) < 4.78 is 13.8. The zero-order chi connectivity index (χ0) is 30.2. The van der Waals surface area contributed by atoms with Crippen LogP contribution in [0.3, 0.4) is 0 Å². The van der Waals surface area contributed by atoms with Crippen molar-refractivity contribution < 1.29 is 23.6 Å². The molecule has 12 heteroatoms. The van der Waals surface area contributed by atoms with Gasteiger partial charge in [0.1, 0.15) is 10.7 Å². The van der Waals surface area contributed by atoms with Gasteiger partial charge in [-0.15, -0.1) is 11.3 Å². The molecule has 5 rings (SSSR count). The van der Waals surface area contributed by atoms with E-state index in [0.717, 1.165) is 29.9 Å². The number of nitrogens with two attached hydrogens (primary N) is 1. The number of thiazole rings is 1. The van der Waals surface area contributed by atoms with E-state index in [4.69, 9.17) is 5.73 Å². The van der Waals surface area contributed by atoms with Crippen LogP contribution in [0.5, 0.6) is 0 Å². The third-order valence-electron chi connectivity index (χ3n) is 7.82. The number of benzene rings is 2. The summed E-state index contributed by atoms with van der Waals surface area (Å²) >= 11 is 0.914. The van der Waals surface area contributed by atoms with Crippen molar-refractivity contribution in [2.24, 2.45) is 11.7 Å². The number of rotatable bonds is 8. The molecule has 3 heterocycles. The molecule has 10 nitrogen and oxygen atoms in total. The average Bonchev–Trinajstić information content (AvgIpc) is 3.57. The topological polar surface area (TPSA) is 129 Å². The van der Waals surface area contributed by atoms with Gasteiger partial charge in [0.2, 0.25) is 5.91 Å². The van der Waals surface area contributed by atoms with Gasteiger partial charge in [0.15, 0.2) is 10.5 Å². The van der Waals surface area contributed by atoms with Gasteiger partial charge in [-0.2, -0.15) is 0 Å². The lowest BCUT2D eigenvalue weighted by molar-refractivity contribution is -0.154. The largest absolute Gasteiger partial charge is 0.365 e. The van der Waals surface area contributed by atoms with Gasteiger partial charge in [0.05, 0.1) is 11.6 Å². The highest BCUT2D eigenvalue weighted by atomic mass is 32.1. The Balaban J connectivity index is 1.46. The van der Waals surface area contributed by atoms with Crippen LogP contribution in [0, 0.1) is 18.7 Å². The highest BCUT2D eigenvalue weighted by molar-refractivity contribution is 7.15. The maximum Gasteiger partial charge on any atom is 0.282 e. The number of aromatic nitrogens is 1. The van der Waals surface area contributed by atoms with Gasteiger partial charge in [0, 0.05) is 39.6 Å². The molecule has 2 aliphatic rings. The van der Waals surface area contributed by atoms with Crippen molar-refractivity contribution in [1.82, 2.24) is 25.2 Å². The first kappa shape index (κ1) is 29.3. The van der Waals surface area contributed by atoms with Gasteiger partial charge in [-0.3, -0.25) is 24.2 Å². The Morgan fingerprint density at radius 1 is 1.17 bits per heavy atom. The summed E-state index contributed by atoms with van der Waals surface area (Å²) in [5, 5.41) is 6.93. The van der Waals surface area contributed by atoms with Crippen LogP contribution in [-0.2, 0) is 28.1 Å². The second-order valence-corrected chi connectivity index (χ2v) is 11.9. The molecule has 1 fully saturated rings. The number of fused-ring (bicyclic) bond motifs is 2. The molecule has 0 aliphatic carbocycles. The molecule has 2 aromatic carbocycles. The average molecular weight is 593 g/mol. The molecule has 0 bridgehead atoms. The maximum absolute atomic E-state index is 14.4. The summed E-state index contributed by atoms with van der Waals surface area (Å²) in [6, 6.07) is 13.5. The molecular formula is C30H33FN6O4S. The molecule has 0 saturated carbocycles. The fraction of sp³-hybridized carbons (Fsp3) is 0.367. The number of nitrogens with zero attached hydrogens (tertiary/aromatic N) is 4. The van der Waals surface area contributed by atoms with Crippen LogP contribution in [0.15, 0.2) is 48.5 Å². The van der Waals surface area contributed by atoms with Gasteiger partial charge in [-0.1, -0.05) is 43.3 Å². The molecular weight excluding hydrogens is 559 g/mol. The number of hydrogen-bond acceptors (Lipinski definition) is 7. The van der Waals surface area contributed by atoms with E-state index in [2.05, 4.69) is 10.3 Å². The number of carbonyl (C=O) groups excluding carboxylic acids is 4. The van der Waals surface area contributed by atoms with Crippen LogP contribution in [0.4, 0.5) is 4.39 Å². The van der Waals surface area contributed by atoms with E-state index in [-0.39, 0.29) is 28.8 Å². The number of halogens is 1. The number of hydrogen-bond donors (Lipinski definition) is 2. The van der Waals surface area contributed by atoms with Gasteiger partial charge >= 0.3 is 0 Å². The van der Waals surface area contributed by atoms with Crippen LogP contribution in [0.2, 0.25) is 0 Å². The summed E-state index contributed by atoms with van der Waals surface area (Å²) in [4.78, 5) is 58.8.